The zero-order chi connectivity index (χ0) is 17.0. The van der Waals surface area contributed by atoms with E-state index in [1.165, 1.54) is 42.5 Å². The van der Waals surface area contributed by atoms with Crippen LogP contribution in [-0.2, 0) is 10.1 Å². The highest BCUT2D eigenvalue weighted by Gasteiger charge is 2.17. The Morgan fingerprint density at radius 1 is 0.708 bits per heavy atom. The molecule has 0 fully saturated rings. The van der Waals surface area contributed by atoms with Crippen LogP contribution in [0.1, 0.15) is 0 Å². The van der Waals surface area contributed by atoms with E-state index in [0.717, 1.165) is 6.07 Å². The second-order valence-electron chi connectivity index (χ2n) is 4.88. The highest BCUT2D eigenvalue weighted by atomic mass is 32.2. The summed E-state index contributed by atoms with van der Waals surface area (Å²) in [5.74, 6) is 0.476. The zero-order valence-electron chi connectivity index (χ0n) is 12.4. The smallest absolute Gasteiger partial charge is 0.339 e. The molecule has 3 rings (SSSR count). The molecule has 0 radical (unpaired) electrons. The van der Waals surface area contributed by atoms with E-state index < -0.39 is 15.9 Å². The lowest BCUT2D eigenvalue weighted by Gasteiger charge is -2.09. The van der Waals surface area contributed by atoms with E-state index in [9.17, 15) is 12.8 Å². The van der Waals surface area contributed by atoms with Gasteiger partial charge >= 0.3 is 10.1 Å². The first kappa shape index (κ1) is 16.0. The number of rotatable bonds is 5. The van der Waals surface area contributed by atoms with Crippen LogP contribution in [0.3, 0.4) is 0 Å². The van der Waals surface area contributed by atoms with Gasteiger partial charge < -0.3 is 8.92 Å². The molecule has 0 saturated carbocycles. The quantitative estimate of drug-likeness (QED) is 0.644. The van der Waals surface area contributed by atoms with E-state index in [1.807, 2.05) is 18.2 Å². The molecular weight excluding hydrogens is 331 g/mol. The van der Waals surface area contributed by atoms with Crippen LogP contribution in [0.4, 0.5) is 4.39 Å². The molecule has 0 N–H and O–H groups in total. The lowest BCUT2D eigenvalue weighted by Crippen LogP contribution is -2.09. The molecule has 0 unspecified atom stereocenters. The summed E-state index contributed by atoms with van der Waals surface area (Å²) in [4.78, 5) is -0.0489. The van der Waals surface area contributed by atoms with Crippen molar-refractivity contribution in [3.8, 4) is 17.2 Å². The Morgan fingerprint density at radius 2 is 1.33 bits per heavy atom. The summed E-state index contributed by atoms with van der Waals surface area (Å²) in [7, 11) is -4.04. The van der Waals surface area contributed by atoms with E-state index >= 15 is 0 Å². The average Bonchev–Trinajstić information content (AvgIpc) is 2.56. The lowest BCUT2D eigenvalue weighted by molar-refractivity contribution is 0.478. The molecule has 0 aromatic heterocycles. The second kappa shape index (κ2) is 6.72. The van der Waals surface area contributed by atoms with Crippen molar-refractivity contribution in [1.82, 2.24) is 0 Å². The van der Waals surface area contributed by atoms with Crippen LogP contribution < -0.4 is 8.92 Å². The molecule has 0 aliphatic heterocycles. The Morgan fingerprint density at radius 3 is 2.00 bits per heavy atom. The average molecular weight is 344 g/mol. The first-order valence-electron chi connectivity index (χ1n) is 7.06. The fraction of sp³-hybridized carbons (Fsp3) is 0. The molecule has 0 saturated heterocycles. The maximum Gasteiger partial charge on any atom is 0.339 e. The van der Waals surface area contributed by atoms with Crippen LogP contribution in [0.2, 0.25) is 0 Å². The molecule has 0 aliphatic rings. The summed E-state index contributed by atoms with van der Waals surface area (Å²) in [5, 5.41) is 0. The third-order valence-electron chi connectivity index (χ3n) is 3.09. The minimum Gasteiger partial charge on any atom is -0.457 e. The maximum absolute atomic E-state index is 13.1. The van der Waals surface area contributed by atoms with Crippen molar-refractivity contribution in [2.24, 2.45) is 0 Å². The van der Waals surface area contributed by atoms with E-state index in [-0.39, 0.29) is 10.6 Å². The summed E-state index contributed by atoms with van der Waals surface area (Å²) in [5.41, 5.74) is 0. The summed E-state index contributed by atoms with van der Waals surface area (Å²) >= 11 is 0. The van der Waals surface area contributed by atoms with E-state index in [0.29, 0.717) is 11.5 Å². The molecule has 3 aromatic rings. The van der Waals surface area contributed by atoms with Gasteiger partial charge in [0, 0.05) is 6.07 Å². The summed E-state index contributed by atoms with van der Waals surface area (Å²) in [6.07, 6.45) is 0. The molecule has 3 aromatic carbocycles. The Bertz CT molecular complexity index is 923. The molecule has 24 heavy (non-hydrogen) atoms. The van der Waals surface area contributed by atoms with Gasteiger partial charge in [-0.25, -0.2) is 4.39 Å². The maximum atomic E-state index is 13.1. The topological polar surface area (TPSA) is 52.6 Å². The van der Waals surface area contributed by atoms with Crippen molar-refractivity contribution >= 4 is 10.1 Å². The van der Waals surface area contributed by atoms with Gasteiger partial charge in [0.15, 0.2) is 0 Å². The minimum absolute atomic E-state index is 0.0489. The molecule has 0 atom stereocenters. The van der Waals surface area contributed by atoms with Crippen LogP contribution >= 0.6 is 0 Å². The molecule has 0 heterocycles. The van der Waals surface area contributed by atoms with Crippen molar-refractivity contribution in [3.63, 3.8) is 0 Å². The normalized spacial score (nSPS) is 11.0. The van der Waals surface area contributed by atoms with Gasteiger partial charge in [-0.2, -0.15) is 8.42 Å². The van der Waals surface area contributed by atoms with Crippen LogP contribution in [0, 0.1) is 5.82 Å². The van der Waals surface area contributed by atoms with Gasteiger partial charge in [-0.05, 0) is 48.5 Å². The van der Waals surface area contributed by atoms with Gasteiger partial charge in [-0.3, -0.25) is 0 Å². The summed E-state index contributed by atoms with van der Waals surface area (Å²) in [6.45, 7) is 0. The Kier molecular flexibility index (Phi) is 4.48. The molecule has 0 amide bonds. The fourth-order valence-electron chi connectivity index (χ4n) is 1.99. The highest BCUT2D eigenvalue weighted by molar-refractivity contribution is 7.87. The van der Waals surface area contributed by atoms with E-state index in [4.69, 9.17) is 8.92 Å². The van der Waals surface area contributed by atoms with Crippen molar-refractivity contribution in [3.05, 3.63) is 84.7 Å². The van der Waals surface area contributed by atoms with Gasteiger partial charge in [0.05, 0.1) is 0 Å². The largest absolute Gasteiger partial charge is 0.457 e. The van der Waals surface area contributed by atoms with Crippen molar-refractivity contribution < 1.29 is 21.7 Å². The second-order valence-corrected chi connectivity index (χ2v) is 6.43. The van der Waals surface area contributed by atoms with Crippen molar-refractivity contribution in [2.75, 3.05) is 0 Å². The number of halogens is 1. The highest BCUT2D eigenvalue weighted by Crippen LogP contribution is 2.24. The van der Waals surface area contributed by atoms with E-state index in [1.54, 1.807) is 12.1 Å². The third-order valence-corrected chi connectivity index (χ3v) is 4.35. The zero-order valence-corrected chi connectivity index (χ0v) is 13.2. The number of hydrogen-bond donors (Lipinski definition) is 0. The van der Waals surface area contributed by atoms with E-state index in [2.05, 4.69) is 0 Å². The van der Waals surface area contributed by atoms with Gasteiger partial charge in [0.25, 0.3) is 0 Å². The molecule has 0 bridgehead atoms. The molecule has 6 heteroatoms. The Hall–Kier alpha value is -2.86. The molecule has 122 valence electrons. The van der Waals surface area contributed by atoms with Crippen LogP contribution in [-0.4, -0.2) is 8.42 Å². The van der Waals surface area contributed by atoms with Crippen molar-refractivity contribution in [1.29, 1.82) is 0 Å². The van der Waals surface area contributed by atoms with Gasteiger partial charge in [-0.15, -0.1) is 0 Å². The molecular formula is C18H13FO4S. The van der Waals surface area contributed by atoms with Gasteiger partial charge in [0.2, 0.25) is 0 Å². The first-order valence-corrected chi connectivity index (χ1v) is 8.47. The van der Waals surface area contributed by atoms with Crippen molar-refractivity contribution in [2.45, 2.75) is 4.90 Å². The Balaban J connectivity index is 1.77. The lowest BCUT2D eigenvalue weighted by atomic mass is 10.3. The minimum atomic E-state index is -4.04. The molecule has 0 spiro atoms. The molecule has 4 nitrogen and oxygen atoms in total. The SMILES string of the molecule is O=S(=O)(Oc1cccc(F)c1)c1ccc(Oc2ccccc2)cc1. The fourth-order valence-corrected chi connectivity index (χ4v) is 2.92. The van der Waals surface area contributed by atoms with Gasteiger partial charge in [-0.1, -0.05) is 24.3 Å². The predicted octanol–water partition coefficient (Wildman–Crippen LogP) is 4.39. The Labute approximate surface area is 139 Å². The number of ether oxygens (including phenoxy) is 1. The number of benzene rings is 3. The summed E-state index contributed by atoms with van der Waals surface area (Å²) < 4.78 is 48.0. The first-order chi connectivity index (χ1) is 11.5. The van der Waals surface area contributed by atoms with Crippen LogP contribution in [0.5, 0.6) is 17.2 Å². The monoisotopic (exact) mass is 344 g/mol. The van der Waals surface area contributed by atoms with Gasteiger partial charge in [0.1, 0.15) is 28.0 Å². The summed E-state index contributed by atoms with van der Waals surface area (Å²) in [6, 6.07) is 19.8. The standard InChI is InChI=1S/C18H13FO4S/c19-14-5-4-8-17(13-14)23-24(20,21)18-11-9-16(10-12-18)22-15-6-2-1-3-7-15/h1-13H. The third kappa shape index (κ3) is 3.91. The number of hydrogen-bond acceptors (Lipinski definition) is 4. The number of para-hydroxylation sites is 1. The van der Waals surface area contributed by atoms with Crippen LogP contribution in [0.25, 0.3) is 0 Å². The van der Waals surface area contributed by atoms with Crippen LogP contribution in [0.15, 0.2) is 83.8 Å². The predicted molar refractivity (Wildman–Crippen MR) is 87.2 cm³/mol. The molecule has 0 aliphatic carbocycles.